The van der Waals surface area contributed by atoms with E-state index in [9.17, 15) is 15.0 Å². The summed E-state index contributed by atoms with van der Waals surface area (Å²) in [6.45, 7) is 0. The van der Waals surface area contributed by atoms with Gasteiger partial charge >= 0.3 is 5.97 Å². The molecule has 1 atom stereocenters. The first-order valence-corrected chi connectivity index (χ1v) is 4.71. The molecular formula is C11H14O5. The van der Waals surface area contributed by atoms with E-state index in [0.29, 0.717) is 11.3 Å². The number of aliphatic hydroxyl groups excluding tert-OH is 1. The molecule has 0 aliphatic carbocycles. The molecule has 0 spiro atoms. The Morgan fingerprint density at radius 3 is 2.69 bits per heavy atom. The molecule has 0 saturated heterocycles. The van der Waals surface area contributed by atoms with Gasteiger partial charge in [0, 0.05) is 12.0 Å². The number of carbonyl (C=O) groups is 1. The van der Waals surface area contributed by atoms with E-state index in [-0.39, 0.29) is 12.2 Å². The summed E-state index contributed by atoms with van der Waals surface area (Å²) in [6.07, 6.45) is -1.31. The van der Waals surface area contributed by atoms with Gasteiger partial charge in [-0.15, -0.1) is 0 Å². The molecule has 0 heterocycles. The summed E-state index contributed by atoms with van der Waals surface area (Å²) in [5.41, 5.74) is 0.428. The molecule has 0 aliphatic heterocycles. The number of aromatic hydroxyl groups is 1. The van der Waals surface area contributed by atoms with Crippen molar-refractivity contribution in [2.45, 2.75) is 12.5 Å². The molecule has 1 aromatic rings. The summed E-state index contributed by atoms with van der Waals surface area (Å²) in [6, 6.07) is 4.85. The maximum atomic E-state index is 11.0. The number of para-hydroxylation sites is 1. The Hall–Kier alpha value is -1.75. The Morgan fingerprint density at radius 2 is 2.12 bits per heavy atom. The van der Waals surface area contributed by atoms with Crippen LogP contribution in [0.15, 0.2) is 18.2 Å². The Bertz CT molecular complexity index is 375. The summed E-state index contributed by atoms with van der Waals surface area (Å²) in [7, 11) is 2.62. The van der Waals surface area contributed by atoms with Crippen LogP contribution in [0.25, 0.3) is 0 Å². The zero-order valence-electron chi connectivity index (χ0n) is 9.14. The molecule has 1 rings (SSSR count). The van der Waals surface area contributed by atoms with Gasteiger partial charge in [0.05, 0.1) is 14.2 Å². The molecule has 0 amide bonds. The fraction of sp³-hybridized carbons (Fsp3) is 0.364. The first-order valence-electron chi connectivity index (χ1n) is 4.71. The lowest BCUT2D eigenvalue weighted by Crippen LogP contribution is -2.24. The Morgan fingerprint density at radius 1 is 1.44 bits per heavy atom. The lowest BCUT2D eigenvalue weighted by atomic mass is 10.1. The van der Waals surface area contributed by atoms with Crippen molar-refractivity contribution in [2.75, 3.05) is 14.2 Å². The number of ether oxygens (including phenoxy) is 2. The zero-order chi connectivity index (χ0) is 12.1. The summed E-state index contributed by atoms with van der Waals surface area (Å²) < 4.78 is 9.29. The van der Waals surface area contributed by atoms with E-state index in [4.69, 9.17) is 4.74 Å². The van der Waals surface area contributed by atoms with E-state index in [0.717, 1.165) is 0 Å². The number of hydrogen-bond donors (Lipinski definition) is 2. The smallest absolute Gasteiger partial charge is 0.335 e. The predicted molar refractivity (Wildman–Crippen MR) is 56.4 cm³/mol. The minimum atomic E-state index is -1.29. The van der Waals surface area contributed by atoms with Crippen molar-refractivity contribution < 1.29 is 24.5 Å². The Labute approximate surface area is 93.2 Å². The summed E-state index contributed by atoms with van der Waals surface area (Å²) in [4.78, 5) is 11.0. The van der Waals surface area contributed by atoms with E-state index < -0.39 is 12.1 Å². The standard InChI is InChI=1S/C11H14O5/c1-15-9-5-3-4-7(10(9)13)6-8(12)11(14)16-2/h3-5,8,12-13H,6H2,1-2H3. The second kappa shape index (κ2) is 5.37. The van der Waals surface area contributed by atoms with Gasteiger partial charge in [-0.2, -0.15) is 0 Å². The van der Waals surface area contributed by atoms with Crippen molar-refractivity contribution >= 4 is 5.97 Å². The highest BCUT2D eigenvalue weighted by Crippen LogP contribution is 2.30. The van der Waals surface area contributed by atoms with Crippen LogP contribution in [0, 0.1) is 0 Å². The third-order valence-corrected chi connectivity index (χ3v) is 2.19. The molecule has 0 bridgehead atoms. The highest BCUT2D eigenvalue weighted by Gasteiger charge is 2.18. The van der Waals surface area contributed by atoms with Gasteiger partial charge in [-0.05, 0) is 6.07 Å². The van der Waals surface area contributed by atoms with Gasteiger partial charge in [0.2, 0.25) is 0 Å². The van der Waals surface area contributed by atoms with E-state index in [1.807, 2.05) is 0 Å². The molecule has 88 valence electrons. The lowest BCUT2D eigenvalue weighted by molar-refractivity contribution is -0.150. The minimum Gasteiger partial charge on any atom is -0.504 e. The van der Waals surface area contributed by atoms with Crippen molar-refractivity contribution in [3.8, 4) is 11.5 Å². The number of esters is 1. The normalized spacial score (nSPS) is 11.9. The number of methoxy groups -OCH3 is 2. The number of phenolic OH excluding ortho intramolecular Hbond substituents is 1. The monoisotopic (exact) mass is 226 g/mol. The summed E-state index contributed by atoms with van der Waals surface area (Å²) in [5, 5.41) is 19.1. The van der Waals surface area contributed by atoms with Crippen LogP contribution in [0.3, 0.4) is 0 Å². The average Bonchev–Trinajstić information content (AvgIpc) is 2.30. The largest absolute Gasteiger partial charge is 0.504 e. The van der Waals surface area contributed by atoms with Gasteiger partial charge in [0.25, 0.3) is 0 Å². The fourth-order valence-corrected chi connectivity index (χ4v) is 1.32. The maximum absolute atomic E-state index is 11.0. The predicted octanol–water partition coefficient (Wildman–Crippen LogP) is 0.477. The van der Waals surface area contributed by atoms with E-state index in [1.54, 1.807) is 18.2 Å². The number of rotatable bonds is 4. The van der Waals surface area contributed by atoms with Gasteiger partial charge in [-0.25, -0.2) is 4.79 Å². The third kappa shape index (κ3) is 2.64. The Kier molecular flexibility index (Phi) is 4.13. The topological polar surface area (TPSA) is 76.0 Å². The number of aliphatic hydroxyl groups is 1. The molecule has 2 N–H and O–H groups in total. The molecule has 0 radical (unpaired) electrons. The van der Waals surface area contributed by atoms with E-state index in [2.05, 4.69) is 4.74 Å². The van der Waals surface area contributed by atoms with Crippen LogP contribution in [-0.4, -0.2) is 36.5 Å². The van der Waals surface area contributed by atoms with Crippen LogP contribution in [0.2, 0.25) is 0 Å². The van der Waals surface area contributed by atoms with Crippen molar-refractivity contribution in [3.63, 3.8) is 0 Å². The number of hydrogen-bond acceptors (Lipinski definition) is 5. The highest BCUT2D eigenvalue weighted by molar-refractivity contribution is 5.74. The van der Waals surface area contributed by atoms with Crippen molar-refractivity contribution in [3.05, 3.63) is 23.8 Å². The summed E-state index contributed by atoms with van der Waals surface area (Å²) >= 11 is 0. The molecule has 1 unspecified atom stereocenters. The quantitative estimate of drug-likeness (QED) is 0.730. The number of benzene rings is 1. The zero-order valence-corrected chi connectivity index (χ0v) is 9.14. The van der Waals surface area contributed by atoms with Crippen LogP contribution < -0.4 is 4.74 Å². The van der Waals surface area contributed by atoms with Gasteiger partial charge in [0.15, 0.2) is 17.6 Å². The average molecular weight is 226 g/mol. The lowest BCUT2D eigenvalue weighted by Gasteiger charge is -2.11. The molecule has 0 saturated carbocycles. The second-order valence-corrected chi connectivity index (χ2v) is 3.21. The van der Waals surface area contributed by atoms with Crippen LogP contribution >= 0.6 is 0 Å². The Balaban J connectivity index is 2.85. The molecule has 16 heavy (non-hydrogen) atoms. The van der Waals surface area contributed by atoms with Crippen LogP contribution in [-0.2, 0) is 16.0 Å². The summed E-state index contributed by atoms with van der Waals surface area (Å²) in [5.74, 6) is -0.510. The molecule has 0 aromatic heterocycles. The minimum absolute atomic E-state index is 0.0181. The van der Waals surface area contributed by atoms with E-state index >= 15 is 0 Å². The van der Waals surface area contributed by atoms with Gasteiger partial charge in [0.1, 0.15) is 0 Å². The van der Waals surface area contributed by atoms with Crippen LogP contribution in [0.4, 0.5) is 0 Å². The molecule has 0 aliphatic rings. The first kappa shape index (κ1) is 12.3. The van der Waals surface area contributed by atoms with Crippen molar-refractivity contribution in [2.24, 2.45) is 0 Å². The first-order chi connectivity index (χ1) is 7.60. The molecule has 5 nitrogen and oxygen atoms in total. The van der Waals surface area contributed by atoms with Gasteiger partial charge < -0.3 is 19.7 Å². The molecule has 0 fully saturated rings. The molecule has 5 heteroatoms. The number of phenols is 1. The SMILES string of the molecule is COC(=O)C(O)Cc1cccc(OC)c1O. The number of carbonyl (C=O) groups excluding carboxylic acids is 1. The van der Waals surface area contributed by atoms with Gasteiger partial charge in [-0.1, -0.05) is 12.1 Å². The third-order valence-electron chi connectivity index (χ3n) is 2.19. The molecule has 1 aromatic carbocycles. The van der Waals surface area contributed by atoms with Gasteiger partial charge in [-0.3, -0.25) is 0 Å². The van der Waals surface area contributed by atoms with Crippen LogP contribution in [0.1, 0.15) is 5.56 Å². The highest BCUT2D eigenvalue weighted by atomic mass is 16.5. The van der Waals surface area contributed by atoms with E-state index in [1.165, 1.54) is 14.2 Å². The van der Waals surface area contributed by atoms with Crippen molar-refractivity contribution in [1.29, 1.82) is 0 Å². The molecular weight excluding hydrogens is 212 g/mol. The van der Waals surface area contributed by atoms with Crippen LogP contribution in [0.5, 0.6) is 11.5 Å². The maximum Gasteiger partial charge on any atom is 0.335 e. The van der Waals surface area contributed by atoms with Crippen molar-refractivity contribution in [1.82, 2.24) is 0 Å². The fourth-order valence-electron chi connectivity index (χ4n) is 1.32. The second-order valence-electron chi connectivity index (χ2n) is 3.21.